The molecule has 0 aliphatic heterocycles. The standard InChI is InChI=1S/C11H13NO/c12-10-6-3-7-11(13)9-5-2-1-4-8(9)10/h1-2,4-5,10H,3,6-7,12H2. The molecular formula is C11H13NO. The molecule has 0 radical (unpaired) electrons. The van der Waals surface area contributed by atoms with Gasteiger partial charge in [-0.2, -0.15) is 0 Å². The van der Waals surface area contributed by atoms with Crippen LogP contribution in [0.4, 0.5) is 0 Å². The van der Waals surface area contributed by atoms with Gasteiger partial charge in [0.15, 0.2) is 5.78 Å². The van der Waals surface area contributed by atoms with Crippen LogP contribution in [0.2, 0.25) is 0 Å². The molecule has 0 amide bonds. The average Bonchev–Trinajstić information content (AvgIpc) is 2.29. The highest BCUT2D eigenvalue weighted by Crippen LogP contribution is 2.26. The Bertz CT molecular complexity index is 333. The Balaban J connectivity index is 2.51. The fourth-order valence-corrected chi connectivity index (χ4v) is 1.85. The van der Waals surface area contributed by atoms with Crippen molar-refractivity contribution < 1.29 is 4.79 Å². The molecule has 1 aromatic rings. The lowest BCUT2D eigenvalue weighted by molar-refractivity contribution is 0.0982. The van der Waals surface area contributed by atoms with E-state index >= 15 is 0 Å². The molecule has 2 N–H and O–H groups in total. The van der Waals surface area contributed by atoms with E-state index in [0.717, 1.165) is 24.0 Å². The molecule has 13 heavy (non-hydrogen) atoms. The molecule has 0 fully saturated rings. The monoisotopic (exact) mass is 175 g/mol. The van der Waals surface area contributed by atoms with Gasteiger partial charge in [0, 0.05) is 18.0 Å². The van der Waals surface area contributed by atoms with E-state index in [1.54, 1.807) is 0 Å². The molecule has 1 atom stereocenters. The van der Waals surface area contributed by atoms with Crippen molar-refractivity contribution in [2.45, 2.75) is 25.3 Å². The molecule has 1 unspecified atom stereocenters. The van der Waals surface area contributed by atoms with Crippen LogP contribution in [0.25, 0.3) is 0 Å². The maximum absolute atomic E-state index is 11.6. The van der Waals surface area contributed by atoms with E-state index in [0.29, 0.717) is 6.42 Å². The Kier molecular flexibility index (Phi) is 2.15. The molecule has 0 heterocycles. The second-order valence-corrected chi connectivity index (χ2v) is 3.51. The Hall–Kier alpha value is -1.15. The van der Waals surface area contributed by atoms with Crippen LogP contribution in [0.5, 0.6) is 0 Å². The van der Waals surface area contributed by atoms with Gasteiger partial charge < -0.3 is 5.73 Å². The van der Waals surface area contributed by atoms with Crippen LogP contribution in [0.1, 0.15) is 41.2 Å². The minimum absolute atomic E-state index is 0.0441. The number of hydrogen-bond acceptors (Lipinski definition) is 2. The summed E-state index contributed by atoms with van der Waals surface area (Å²) < 4.78 is 0. The molecule has 0 saturated carbocycles. The molecule has 0 bridgehead atoms. The van der Waals surface area contributed by atoms with Gasteiger partial charge in [-0.3, -0.25) is 4.79 Å². The first-order chi connectivity index (χ1) is 6.29. The zero-order chi connectivity index (χ0) is 9.26. The number of carbonyl (C=O) groups is 1. The minimum atomic E-state index is 0.0441. The van der Waals surface area contributed by atoms with Crippen LogP contribution in [0.15, 0.2) is 24.3 Å². The maximum Gasteiger partial charge on any atom is 0.163 e. The molecule has 1 aliphatic carbocycles. The normalized spacial score (nSPS) is 22.2. The van der Waals surface area contributed by atoms with Crippen molar-refractivity contribution in [3.05, 3.63) is 35.4 Å². The quantitative estimate of drug-likeness (QED) is 0.613. The second-order valence-electron chi connectivity index (χ2n) is 3.51. The summed E-state index contributed by atoms with van der Waals surface area (Å²) in [5.74, 6) is 0.239. The molecule has 2 nitrogen and oxygen atoms in total. The average molecular weight is 175 g/mol. The third kappa shape index (κ3) is 1.49. The molecule has 0 aromatic heterocycles. The molecule has 2 rings (SSSR count). The van der Waals surface area contributed by atoms with Crippen molar-refractivity contribution in [3.8, 4) is 0 Å². The van der Waals surface area contributed by atoms with Crippen molar-refractivity contribution in [1.82, 2.24) is 0 Å². The van der Waals surface area contributed by atoms with Crippen molar-refractivity contribution in [3.63, 3.8) is 0 Å². The topological polar surface area (TPSA) is 43.1 Å². The number of nitrogens with two attached hydrogens (primary N) is 1. The first kappa shape index (κ1) is 8.45. The van der Waals surface area contributed by atoms with Crippen molar-refractivity contribution in [2.75, 3.05) is 0 Å². The Morgan fingerprint density at radius 3 is 2.92 bits per heavy atom. The highest BCUT2D eigenvalue weighted by Gasteiger charge is 2.19. The van der Waals surface area contributed by atoms with Gasteiger partial charge in [-0.15, -0.1) is 0 Å². The molecule has 2 heteroatoms. The fourth-order valence-electron chi connectivity index (χ4n) is 1.85. The molecule has 1 aliphatic rings. The van der Waals surface area contributed by atoms with Crippen LogP contribution in [-0.2, 0) is 0 Å². The van der Waals surface area contributed by atoms with E-state index in [1.165, 1.54) is 0 Å². The van der Waals surface area contributed by atoms with Crippen LogP contribution < -0.4 is 5.73 Å². The summed E-state index contributed by atoms with van der Waals surface area (Å²) in [6.07, 6.45) is 2.47. The summed E-state index contributed by atoms with van der Waals surface area (Å²) >= 11 is 0. The van der Waals surface area contributed by atoms with Crippen molar-refractivity contribution >= 4 is 5.78 Å². The van der Waals surface area contributed by atoms with E-state index in [4.69, 9.17) is 5.73 Å². The van der Waals surface area contributed by atoms with Gasteiger partial charge in [0.05, 0.1) is 0 Å². The summed E-state index contributed by atoms with van der Waals surface area (Å²) in [4.78, 5) is 11.6. The molecule has 68 valence electrons. The SMILES string of the molecule is NC1CCCC(=O)c2ccccc21. The number of benzene rings is 1. The van der Waals surface area contributed by atoms with E-state index < -0.39 is 0 Å². The lowest BCUT2D eigenvalue weighted by Crippen LogP contribution is -2.10. The van der Waals surface area contributed by atoms with Gasteiger partial charge in [-0.05, 0) is 18.4 Å². The van der Waals surface area contributed by atoms with Crippen molar-refractivity contribution in [2.24, 2.45) is 5.73 Å². The van der Waals surface area contributed by atoms with Crippen LogP contribution in [0.3, 0.4) is 0 Å². The van der Waals surface area contributed by atoms with Crippen LogP contribution in [0, 0.1) is 0 Å². The number of hydrogen-bond donors (Lipinski definition) is 1. The lowest BCUT2D eigenvalue weighted by atomic mass is 9.99. The fraction of sp³-hybridized carbons (Fsp3) is 0.364. The number of Topliss-reactive ketones (excluding diaryl/α,β-unsaturated/α-hetero) is 1. The van der Waals surface area contributed by atoms with Gasteiger partial charge in [0.1, 0.15) is 0 Å². The number of rotatable bonds is 0. The number of carbonyl (C=O) groups excluding carboxylic acids is 1. The predicted molar refractivity (Wildman–Crippen MR) is 51.6 cm³/mol. The summed E-state index contributed by atoms with van der Waals surface area (Å²) in [6, 6.07) is 7.72. The van der Waals surface area contributed by atoms with E-state index in [9.17, 15) is 4.79 Å². The van der Waals surface area contributed by atoms with Gasteiger partial charge in [-0.1, -0.05) is 24.3 Å². The Morgan fingerprint density at radius 1 is 1.31 bits per heavy atom. The van der Waals surface area contributed by atoms with Crippen LogP contribution >= 0.6 is 0 Å². The Labute approximate surface area is 77.8 Å². The Morgan fingerprint density at radius 2 is 2.08 bits per heavy atom. The number of ketones is 1. The summed E-state index contributed by atoms with van der Waals surface area (Å²) in [6.45, 7) is 0. The van der Waals surface area contributed by atoms with E-state index in [-0.39, 0.29) is 11.8 Å². The molecular weight excluding hydrogens is 162 g/mol. The molecule has 0 saturated heterocycles. The smallest absolute Gasteiger partial charge is 0.163 e. The third-order valence-electron chi connectivity index (χ3n) is 2.58. The zero-order valence-corrected chi connectivity index (χ0v) is 7.49. The van der Waals surface area contributed by atoms with Gasteiger partial charge in [-0.25, -0.2) is 0 Å². The van der Waals surface area contributed by atoms with E-state index in [1.807, 2.05) is 24.3 Å². The van der Waals surface area contributed by atoms with Crippen LogP contribution in [-0.4, -0.2) is 5.78 Å². The summed E-state index contributed by atoms with van der Waals surface area (Å²) in [5, 5.41) is 0. The number of fused-ring (bicyclic) bond motifs is 1. The van der Waals surface area contributed by atoms with Gasteiger partial charge in [0.2, 0.25) is 0 Å². The summed E-state index contributed by atoms with van der Waals surface area (Å²) in [7, 11) is 0. The minimum Gasteiger partial charge on any atom is -0.324 e. The van der Waals surface area contributed by atoms with Crippen molar-refractivity contribution in [1.29, 1.82) is 0 Å². The highest BCUT2D eigenvalue weighted by molar-refractivity contribution is 5.97. The third-order valence-corrected chi connectivity index (χ3v) is 2.58. The first-order valence-electron chi connectivity index (χ1n) is 4.67. The summed E-state index contributed by atoms with van der Waals surface area (Å²) in [5.41, 5.74) is 7.80. The first-order valence-corrected chi connectivity index (χ1v) is 4.67. The largest absolute Gasteiger partial charge is 0.324 e. The second kappa shape index (κ2) is 3.30. The maximum atomic E-state index is 11.6. The predicted octanol–water partition coefficient (Wildman–Crippen LogP) is 2.05. The lowest BCUT2D eigenvalue weighted by Gasteiger charge is -2.10. The van der Waals surface area contributed by atoms with Gasteiger partial charge >= 0.3 is 0 Å². The zero-order valence-electron chi connectivity index (χ0n) is 7.49. The molecule has 1 aromatic carbocycles. The van der Waals surface area contributed by atoms with Gasteiger partial charge in [0.25, 0.3) is 0 Å². The van der Waals surface area contributed by atoms with E-state index in [2.05, 4.69) is 0 Å². The highest BCUT2D eigenvalue weighted by atomic mass is 16.1. The molecule has 0 spiro atoms.